The Balaban J connectivity index is 1.58. The van der Waals surface area contributed by atoms with Crippen molar-refractivity contribution < 1.29 is 23.5 Å². The number of halogens is 2. The summed E-state index contributed by atoms with van der Waals surface area (Å²) in [6.45, 7) is 2.72. The molecule has 1 aromatic heterocycles. The molecule has 2 atom stereocenters. The number of hydrogen-bond donors (Lipinski definition) is 4. The standard InChI is InChI=1S/C28H32F2N4O3/c1-2-19-5-3-6-20(11-19)16-32-18-26(35)25(14-21-12-22(29)15-23(30)13-21)34-28(37)9-8-27(36)33-24-7-4-10-31-17-24/h3-7,10-13,15,17,25-26,32,35H,2,8-9,14,16,18H2,1H3,(H,33,36)(H,34,37)/t25-,26+/m0/s1. The van der Waals surface area contributed by atoms with E-state index in [1.54, 1.807) is 18.3 Å². The number of aliphatic hydroxyl groups excluding tert-OH is 1. The second-order valence-electron chi connectivity index (χ2n) is 8.82. The molecule has 0 saturated heterocycles. The van der Waals surface area contributed by atoms with Crippen LogP contribution in [0.5, 0.6) is 0 Å². The van der Waals surface area contributed by atoms with Crippen LogP contribution in [0.1, 0.15) is 36.5 Å². The van der Waals surface area contributed by atoms with Crippen LogP contribution >= 0.6 is 0 Å². The molecule has 0 spiro atoms. The molecule has 0 aliphatic heterocycles. The van der Waals surface area contributed by atoms with Crippen molar-refractivity contribution in [3.8, 4) is 0 Å². The van der Waals surface area contributed by atoms with E-state index in [1.807, 2.05) is 18.2 Å². The van der Waals surface area contributed by atoms with E-state index in [0.29, 0.717) is 17.8 Å². The number of benzene rings is 2. The van der Waals surface area contributed by atoms with Gasteiger partial charge in [0.05, 0.1) is 24.0 Å². The summed E-state index contributed by atoms with van der Waals surface area (Å²) < 4.78 is 27.5. The monoisotopic (exact) mass is 510 g/mol. The average molecular weight is 511 g/mol. The van der Waals surface area contributed by atoms with Crippen molar-refractivity contribution in [1.29, 1.82) is 0 Å². The molecule has 196 valence electrons. The lowest BCUT2D eigenvalue weighted by molar-refractivity contribution is -0.125. The van der Waals surface area contributed by atoms with Gasteiger partial charge in [0.1, 0.15) is 11.6 Å². The smallest absolute Gasteiger partial charge is 0.224 e. The number of nitrogens with zero attached hydrogens (tertiary/aromatic N) is 1. The number of aromatic nitrogens is 1. The summed E-state index contributed by atoms with van der Waals surface area (Å²) in [6.07, 6.45) is 2.75. The van der Waals surface area contributed by atoms with Crippen LogP contribution in [0.25, 0.3) is 0 Å². The quantitative estimate of drug-likeness (QED) is 0.282. The highest BCUT2D eigenvalue weighted by atomic mass is 19.1. The molecule has 0 aliphatic carbocycles. The molecule has 0 saturated carbocycles. The molecule has 2 aromatic carbocycles. The summed E-state index contributed by atoms with van der Waals surface area (Å²) in [4.78, 5) is 28.7. The Labute approximate surface area is 215 Å². The first-order valence-electron chi connectivity index (χ1n) is 12.2. The molecular weight excluding hydrogens is 478 g/mol. The molecule has 0 bridgehead atoms. The summed E-state index contributed by atoms with van der Waals surface area (Å²) in [7, 11) is 0. The zero-order chi connectivity index (χ0) is 26.6. The van der Waals surface area contributed by atoms with Crippen molar-refractivity contribution in [2.45, 2.75) is 51.3 Å². The van der Waals surface area contributed by atoms with Crippen molar-refractivity contribution in [3.63, 3.8) is 0 Å². The van der Waals surface area contributed by atoms with E-state index in [1.165, 1.54) is 23.9 Å². The van der Waals surface area contributed by atoms with E-state index in [-0.39, 0.29) is 31.7 Å². The van der Waals surface area contributed by atoms with Crippen molar-refractivity contribution in [2.24, 2.45) is 0 Å². The van der Waals surface area contributed by atoms with Crippen LogP contribution in [-0.2, 0) is 29.0 Å². The predicted molar refractivity (Wildman–Crippen MR) is 138 cm³/mol. The van der Waals surface area contributed by atoms with Crippen LogP contribution in [0.2, 0.25) is 0 Å². The first-order valence-corrected chi connectivity index (χ1v) is 12.2. The summed E-state index contributed by atoms with van der Waals surface area (Å²) in [5.41, 5.74) is 3.07. The van der Waals surface area contributed by atoms with E-state index in [2.05, 4.69) is 33.9 Å². The second kappa shape index (κ2) is 14.2. The third kappa shape index (κ3) is 9.70. The third-order valence-electron chi connectivity index (χ3n) is 5.80. The van der Waals surface area contributed by atoms with E-state index in [0.717, 1.165) is 18.1 Å². The molecule has 2 amide bonds. The van der Waals surface area contributed by atoms with Gasteiger partial charge in [0.25, 0.3) is 0 Å². The average Bonchev–Trinajstić information content (AvgIpc) is 2.87. The van der Waals surface area contributed by atoms with Crippen molar-refractivity contribution in [1.82, 2.24) is 15.6 Å². The number of carbonyl (C=O) groups is 2. The molecule has 0 radical (unpaired) electrons. The molecule has 4 N–H and O–H groups in total. The normalized spacial score (nSPS) is 12.5. The van der Waals surface area contributed by atoms with E-state index >= 15 is 0 Å². The summed E-state index contributed by atoms with van der Waals surface area (Å²) in [5, 5.41) is 19.4. The largest absolute Gasteiger partial charge is 0.390 e. The fourth-order valence-corrected chi connectivity index (χ4v) is 3.90. The van der Waals surface area contributed by atoms with Gasteiger partial charge in [-0.05, 0) is 53.8 Å². The lowest BCUT2D eigenvalue weighted by atomic mass is 10.00. The molecule has 3 rings (SSSR count). The first kappa shape index (κ1) is 27.9. The number of carbonyl (C=O) groups excluding carboxylic acids is 2. The Bertz CT molecular complexity index is 1160. The molecule has 1 heterocycles. The number of anilines is 1. The Morgan fingerprint density at radius 3 is 2.38 bits per heavy atom. The van der Waals surface area contributed by atoms with E-state index < -0.39 is 29.7 Å². The highest BCUT2D eigenvalue weighted by Crippen LogP contribution is 2.13. The van der Waals surface area contributed by atoms with Crippen LogP contribution in [0.4, 0.5) is 14.5 Å². The summed E-state index contributed by atoms with van der Waals surface area (Å²) in [6, 6.07) is 13.7. The lowest BCUT2D eigenvalue weighted by Gasteiger charge is -2.25. The topological polar surface area (TPSA) is 103 Å². The maximum atomic E-state index is 13.7. The highest BCUT2D eigenvalue weighted by Gasteiger charge is 2.23. The molecule has 0 aliphatic rings. The van der Waals surface area contributed by atoms with Gasteiger partial charge in [-0.25, -0.2) is 8.78 Å². The van der Waals surface area contributed by atoms with Gasteiger partial charge in [-0.1, -0.05) is 31.2 Å². The van der Waals surface area contributed by atoms with Crippen LogP contribution < -0.4 is 16.0 Å². The maximum Gasteiger partial charge on any atom is 0.224 e. The number of nitrogens with one attached hydrogen (secondary N) is 3. The van der Waals surface area contributed by atoms with Crippen LogP contribution in [0.15, 0.2) is 67.0 Å². The van der Waals surface area contributed by atoms with Gasteiger partial charge < -0.3 is 21.1 Å². The van der Waals surface area contributed by atoms with Crippen molar-refractivity contribution in [3.05, 3.63) is 95.3 Å². The van der Waals surface area contributed by atoms with Crippen LogP contribution in [0, 0.1) is 11.6 Å². The molecule has 9 heteroatoms. The Hall–Kier alpha value is -3.69. The van der Waals surface area contributed by atoms with Crippen molar-refractivity contribution >= 4 is 17.5 Å². The molecule has 37 heavy (non-hydrogen) atoms. The Morgan fingerprint density at radius 2 is 1.68 bits per heavy atom. The number of rotatable bonds is 13. The fourth-order valence-electron chi connectivity index (χ4n) is 3.90. The number of aryl methyl sites for hydroxylation is 1. The van der Waals surface area contributed by atoms with Gasteiger partial charge in [-0.2, -0.15) is 0 Å². The third-order valence-corrected chi connectivity index (χ3v) is 5.80. The summed E-state index contributed by atoms with van der Waals surface area (Å²) >= 11 is 0. The van der Waals surface area contributed by atoms with Gasteiger partial charge in [0.2, 0.25) is 11.8 Å². The minimum Gasteiger partial charge on any atom is -0.390 e. The lowest BCUT2D eigenvalue weighted by Crippen LogP contribution is -2.48. The zero-order valence-electron chi connectivity index (χ0n) is 20.7. The van der Waals surface area contributed by atoms with Crippen LogP contribution in [0.3, 0.4) is 0 Å². The number of pyridine rings is 1. The molecule has 0 fully saturated rings. The van der Waals surface area contributed by atoms with Gasteiger partial charge >= 0.3 is 0 Å². The Kier molecular flexibility index (Phi) is 10.7. The van der Waals surface area contributed by atoms with Gasteiger partial charge in [-0.15, -0.1) is 0 Å². The molecular formula is C28H32F2N4O3. The van der Waals surface area contributed by atoms with E-state index in [9.17, 15) is 23.5 Å². The molecule has 3 aromatic rings. The van der Waals surface area contributed by atoms with Gasteiger partial charge in [0, 0.05) is 38.2 Å². The van der Waals surface area contributed by atoms with Crippen LogP contribution in [-0.4, -0.2) is 40.6 Å². The number of amides is 2. The minimum atomic E-state index is -1.05. The Morgan fingerprint density at radius 1 is 0.946 bits per heavy atom. The number of aliphatic hydroxyl groups is 1. The maximum absolute atomic E-state index is 13.7. The number of hydrogen-bond acceptors (Lipinski definition) is 5. The second-order valence-corrected chi connectivity index (χ2v) is 8.82. The van der Waals surface area contributed by atoms with E-state index in [4.69, 9.17) is 0 Å². The first-order chi connectivity index (χ1) is 17.8. The van der Waals surface area contributed by atoms with Gasteiger partial charge in [0.15, 0.2) is 0 Å². The fraction of sp³-hybridized carbons (Fsp3) is 0.321. The molecule has 7 nitrogen and oxygen atoms in total. The molecule has 0 unspecified atom stereocenters. The van der Waals surface area contributed by atoms with Gasteiger partial charge in [-0.3, -0.25) is 14.6 Å². The van der Waals surface area contributed by atoms with Crippen molar-refractivity contribution in [2.75, 3.05) is 11.9 Å². The SMILES string of the molecule is CCc1cccc(CNC[C@@H](O)[C@H](Cc2cc(F)cc(F)c2)NC(=O)CCC(=O)Nc2cccnc2)c1. The minimum absolute atomic E-state index is 0.0104. The zero-order valence-corrected chi connectivity index (χ0v) is 20.7. The predicted octanol–water partition coefficient (Wildman–Crippen LogP) is 3.52. The highest BCUT2D eigenvalue weighted by molar-refractivity contribution is 5.93. The summed E-state index contributed by atoms with van der Waals surface area (Å²) in [5.74, 6) is -2.30.